The normalized spacial score (nSPS) is 10.7. The number of carbonyl (C=O) groups excluding carboxylic acids is 1. The van der Waals surface area contributed by atoms with Gasteiger partial charge in [-0.25, -0.2) is 4.98 Å². The Morgan fingerprint density at radius 3 is 2.67 bits per heavy atom. The summed E-state index contributed by atoms with van der Waals surface area (Å²) < 4.78 is 1.88. The minimum absolute atomic E-state index is 0.680. The van der Waals surface area contributed by atoms with Gasteiger partial charge in [0.25, 0.3) is 0 Å². The van der Waals surface area contributed by atoms with Gasteiger partial charge < -0.3 is 4.57 Å². The van der Waals surface area contributed by atoms with Crippen molar-refractivity contribution in [3.05, 3.63) is 54.4 Å². The first-order valence-corrected chi connectivity index (χ1v) is 5.76. The fourth-order valence-electron chi connectivity index (χ4n) is 2.28. The summed E-state index contributed by atoms with van der Waals surface area (Å²) in [5.41, 5.74) is 3.65. The van der Waals surface area contributed by atoms with E-state index in [4.69, 9.17) is 0 Å². The molecule has 2 aromatic heterocycles. The number of pyridine rings is 1. The summed E-state index contributed by atoms with van der Waals surface area (Å²) in [6, 6.07) is 12.0. The van der Waals surface area contributed by atoms with E-state index in [1.165, 1.54) is 0 Å². The molecule has 0 spiro atoms. The fraction of sp³-hybridized carbons (Fsp3) is 0.0667. The van der Waals surface area contributed by atoms with Crippen LogP contribution in [-0.4, -0.2) is 15.8 Å². The molecule has 2 heterocycles. The molecule has 3 aromatic rings. The van der Waals surface area contributed by atoms with Gasteiger partial charge >= 0.3 is 0 Å². The first kappa shape index (κ1) is 10.7. The van der Waals surface area contributed by atoms with E-state index in [0.29, 0.717) is 5.56 Å². The van der Waals surface area contributed by atoms with Gasteiger partial charge in [-0.05, 0) is 17.2 Å². The van der Waals surface area contributed by atoms with Gasteiger partial charge in [-0.1, -0.05) is 30.3 Å². The summed E-state index contributed by atoms with van der Waals surface area (Å²) in [6.07, 6.45) is 4.48. The van der Waals surface area contributed by atoms with E-state index in [1.807, 2.05) is 54.2 Å². The van der Waals surface area contributed by atoms with Crippen molar-refractivity contribution in [3.63, 3.8) is 0 Å². The largest absolute Gasteiger partial charge is 0.335 e. The van der Waals surface area contributed by atoms with Gasteiger partial charge in [-0.2, -0.15) is 0 Å². The molecule has 3 nitrogen and oxygen atoms in total. The SMILES string of the molecule is Cn1cc(C=O)c2c(-c3ccccc3)ccnc21. The fourth-order valence-corrected chi connectivity index (χ4v) is 2.28. The molecule has 0 amide bonds. The highest BCUT2D eigenvalue weighted by Crippen LogP contribution is 2.29. The van der Waals surface area contributed by atoms with Gasteiger partial charge in [0.15, 0.2) is 6.29 Å². The van der Waals surface area contributed by atoms with Crippen LogP contribution in [0.4, 0.5) is 0 Å². The van der Waals surface area contributed by atoms with Crippen molar-refractivity contribution in [3.8, 4) is 11.1 Å². The smallest absolute Gasteiger partial charge is 0.152 e. The molecule has 0 aliphatic rings. The Bertz CT molecular complexity index is 714. The number of nitrogens with zero attached hydrogens (tertiary/aromatic N) is 2. The van der Waals surface area contributed by atoms with Gasteiger partial charge in [0.05, 0.1) is 0 Å². The van der Waals surface area contributed by atoms with Gasteiger partial charge in [0, 0.05) is 30.4 Å². The summed E-state index contributed by atoms with van der Waals surface area (Å²) in [6.45, 7) is 0. The lowest BCUT2D eigenvalue weighted by Gasteiger charge is -2.04. The Morgan fingerprint density at radius 1 is 1.17 bits per heavy atom. The van der Waals surface area contributed by atoms with Crippen molar-refractivity contribution in [2.24, 2.45) is 7.05 Å². The molecular formula is C15H12N2O. The number of fused-ring (bicyclic) bond motifs is 1. The molecule has 0 saturated heterocycles. The molecule has 0 saturated carbocycles. The number of rotatable bonds is 2. The second-order valence-corrected chi connectivity index (χ2v) is 4.24. The zero-order valence-corrected chi connectivity index (χ0v) is 10.00. The van der Waals surface area contributed by atoms with Crippen LogP contribution in [0.1, 0.15) is 10.4 Å². The lowest BCUT2D eigenvalue weighted by atomic mass is 10.0. The maximum absolute atomic E-state index is 11.2. The summed E-state index contributed by atoms with van der Waals surface area (Å²) >= 11 is 0. The standard InChI is InChI=1S/C15H12N2O/c1-17-9-12(10-18)14-13(7-8-16-15(14)17)11-5-3-2-4-6-11/h2-10H,1H3. The molecule has 0 aliphatic carbocycles. The zero-order chi connectivity index (χ0) is 12.5. The third kappa shape index (κ3) is 1.52. The number of benzene rings is 1. The summed E-state index contributed by atoms with van der Waals surface area (Å²) in [7, 11) is 1.90. The quantitative estimate of drug-likeness (QED) is 0.641. The maximum atomic E-state index is 11.2. The van der Waals surface area contributed by atoms with Crippen LogP contribution in [0.3, 0.4) is 0 Å². The Labute approximate surface area is 105 Å². The Kier molecular flexibility index (Phi) is 2.45. The molecular weight excluding hydrogens is 224 g/mol. The van der Waals surface area contributed by atoms with Crippen LogP contribution in [0.25, 0.3) is 22.2 Å². The van der Waals surface area contributed by atoms with E-state index in [9.17, 15) is 4.79 Å². The van der Waals surface area contributed by atoms with Crippen molar-refractivity contribution in [2.45, 2.75) is 0 Å². The number of aldehydes is 1. The van der Waals surface area contributed by atoms with Gasteiger partial charge in [-0.15, -0.1) is 0 Å². The predicted octanol–water partition coefficient (Wildman–Crippen LogP) is 3.05. The van der Waals surface area contributed by atoms with Crippen molar-refractivity contribution < 1.29 is 4.79 Å². The number of hydrogen-bond acceptors (Lipinski definition) is 2. The number of hydrogen-bond donors (Lipinski definition) is 0. The highest BCUT2D eigenvalue weighted by molar-refractivity contribution is 6.04. The second-order valence-electron chi connectivity index (χ2n) is 4.24. The lowest BCUT2D eigenvalue weighted by molar-refractivity contribution is 0.112. The van der Waals surface area contributed by atoms with E-state index < -0.39 is 0 Å². The Balaban J connectivity index is 2.40. The Hall–Kier alpha value is -2.42. The molecule has 0 unspecified atom stereocenters. The molecule has 0 bridgehead atoms. The predicted molar refractivity (Wildman–Crippen MR) is 71.5 cm³/mol. The highest BCUT2D eigenvalue weighted by Gasteiger charge is 2.12. The monoisotopic (exact) mass is 236 g/mol. The van der Waals surface area contributed by atoms with Crippen molar-refractivity contribution in [2.75, 3.05) is 0 Å². The van der Waals surface area contributed by atoms with E-state index >= 15 is 0 Å². The van der Waals surface area contributed by atoms with Crippen LogP contribution in [0.2, 0.25) is 0 Å². The van der Waals surface area contributed by atoms with Crippen LogP contribution in [0.15, 0.2) is 48.8 Å². The van der Waals surface area contributed by atoms with Crippen LogP contribution < -0.4 is 0 Å². The topological polar surface area (TPSA) is 34.9 Å². The van der Waals surface area contributed by atoms with E-state index in [2.05, 4.69) is 4.98 Å². The number of carbonyl (C=O) groups is 1. The zero-order valence-electron chi connectivity index (χ0n) is 10.00. The molecule has 0 radical (unpaired) electrons. The minimum atomic E-state index is 0.680. The molecule has 3 rings (SSSR count). The third-order valence-corrected chi connectivity index (χ3v) is 3.10. The van der Waals surface area contributed by atoms with Crippen LogP contribution >= 0.6 is 0 Å². The van der Waals surface area contributed by atoms with Gasteiger partial charge in [0.2, 0.25) is 0 Å². The molecule has 0 fully saturated rings. The van der Waals surface area contributed by atoms with Crippen molar-refractivity contribution >= 4 is 17.3 Å². The average molecular weight is 236 g/mol. The Morgan fingerprint density at radius 2 is 1.94 bits per heavy atom. The third-order valence-electron chi connectivity index (χ3n) is 3.10. The van der Waals surface area contributed by atoms with Crippen LogP contribution in [-0.2, 0) is 7.05 Å². The van der Waals surface area contributed by atoms with Crippen molar-refractivity contribution in [1.29, 1.82) is 0 Å². The molecule has 88 valence electrons. The summed E-state index contributed by atoms with van der Waals surface area (Å²) in [5, 5.41) is 0.918. The molecule has 3 heteroatoms. The van der Waals surface area contributed by atoms with Crippen LogP contribution in [0.5, 0.6) is 0 Å². The number of aryl methyl sites for hydroxylation is 1. The van der Waals surface area contributed by atoms with E-state index in [0.717, 1.165) is 28.4 Å². The summed E-state index contributed by atoms with van der Waals surface area (Å²) in [4.78, 5) is 15.5. The molecule has 0 atom stereocenters. The maximum Gasteiger partial charge on any atom is 0.152 e. The molecule has 0 aliphatic heterocycles. The molecule has 18 heavy (non-hydrogen) atoms. The second kappa shape index (κ2) is 4.11. The van der Waals surface area contributed by atoms with E-state index in [-0.39, 0.29) is 0 Å². The van der Waals surface area contributed by atoms with Gasteiger partial charge in [0.1, 0.15) is 5.65 Å². The molecule has 0 N–H and O–H groups in total. The number of aromatic nitrogens is 2. The minimum Gasteiger partial charge on any atom is -0.335 e. The first-order chi connectivity index (χ1) is 8.81. The highest BCUT2D eigenvalue weighted by atomic mass is 16.1. The van der Waals surface area contributed by atoms with Crippen molar-refractivity contribution in [1.82, 2.24) is 9.55 Å². The first-order valence-electron chi connectivity index (χ1n) is 5.76. The molecule has 1 aromatic carbocycles. The summed E-state index contributed by atoms with van der Waals surface area (Å²) in [5.74, 6) is 0. The van der Waals surface area contributed by atoms with E-state index in [1.54, 1.807) is 6.20 Å². The lowest BCUT2D eigenvalue weighted by Crippen LogP contribution is -1.88. The van der Waals surface area contributed by atoms with Gasteiger partial charge in [-0.3, -0.25) is 4.79 Å². The van der Waals surface area contributed by atoms with Crippen LogP contribution in [0, 0.1) is 0 Å². The average Bonchev–Trinajstić information content (AvgIpc) is 2.77.